The highest BCUT2D eigenvalue weighted by Crippen LogP contribution is 2.31. The molecule has 0 amide bonds. The largest absolute Gasteiger partial charge is 0.450 e. The Kier molecular flexibility index (Phi) is 4.18. The minimum absolute atomic E-state index is 0.0288. The highest BCUT2D eigenvalue weighted by molar-refractivity contribution is 9.10. The van der Waals surface area contributed by atoms with Crippen LogP contribution in [0.1, 0.15) is 25.5 Å². The number of aromatic nitrogens is 4. The van der Waals surface area contributed by atoms with Gasteiger partial charge < -0.3 is 9.47 Å². The van der Waals surface area contributed by atoms with Crippen molar-refractivity contribution in [2.24, 2.45) is 0 Å². The van der Waals surface area contributed by atoms with Gasteiger partial charge in [-0.15, -0.1) is 0 Å². The molecule has 1 aliphatic heterocycles. The molecule has 0 radical (unpaired) electrons. The van der Waals surface area contributed by atoms with Gasteiger partial charge in [-0.1, -0.05) is 0 Å². The molecule has 1 saturated heterocycles. The molecule has 20 heavy (non-hydrogen) atoms. The predicted octanol–water partition coefficient (Wildman–Crippen LogP) is 3.58. The van der Waals surface area contributed by atoms with Crippen LogP contribution in [-0.4, -0.2) is 26.4 Å². The molecule has 0 bridgehead atoms. The standard InChI is InChI=1S/C12H12BrClN4O2/c13-11-9(20-8-5-15-12(14)16-6-8)7-18(17-11)10-3-1-2-4-19-10/h5-7,10H,1-4H2. The molecule has 2 aromatic rings. The van der Waals surface area contributed by atoms with Crippen LogP contribution in [0.5, 0.6) is 11.5 Å². The van der Waals surface area contributed by atoms with E-state index in [2.05, 4.69) is 31.0 Å². The molecule has 2 aromatic heterocycles. The van der Waals surface area contributed by atoms with E-state index >= 15 is 0 Å². The summed E-state index contributed by atoms with van der Waals surface area (Å²) in [4.78, 5) is 7.73. The first-order valence-corrected chi connectivity index (χ1v) is 7.41. The van der Waals surface area contributed by atoms with E-state index in [9.17, 15) is 0 Å². The predicted molar refractivity (Wildman–Crippen MR) is 75.9 cm³/mol. The Bertz CT molecular complexity index is 584. The van der Waals surface area contributed by atoms with Gasteiger partial charge in [0.05, 0.1) is 18.6 Å². The van der Waals surface area contributed by atoms with Crippen molar-refractivity contribution in [2.45, 2.75) is 25.5 Å². The lowest BCUT2D eigenvalue weighted by Gasteiger charge is -2.22. The summed E-state index contributed by atoms with van der Waals surface area (Å²) in [6.07, 6.45) is 7.99. The van der Waals surface area contributed by atoms with Crippen molar-refractivity contribution >= 4 is 27.5 Å². The highest BCUT2D eigenvalue weighted by atomic mass is 79.9. The molecule has 3 heterocycles. The maximum absolute atomic E-state index is 5.68. The Hall–Kier alpha value is -1.18. The smallest absolute Gasteiger partial charge is 0.222 e. The molecule has 0 spiro atoms. The van der Waals surface area contributed by atoms with Crippen molar-refractivity contribution in [1.29, 1.82) is 0 Å². The first-order chi connectivity index (χ1) is 9.72. The van der Waals surface area contributed by atoms with E-state index in [1.807, 2.05) is 0 Å². The van der Waals surface area contributed by atoms with Crippen molar-refractivity contribution < 1.29 is 9.47 Å². The molecule has 0 saturated carbocycles. The lowest BCUT2D eigenvalue weighted by Crippen LogP contribution is -2.18. The van der Waals surface area contributed by atoms with Crippen LogP contribution in [0.15, 0.2) is 23.2 Å². The number of halogens is 2. The fourth-order valence-electron chi connectivity index (χ4n) is 1.98. The van der Waals surface area contributed by atoms with Crippen LogP contribution in [0.25, 0.3) is 0 Å². The second-order valence-corrected chi connectivity index (χ2v) is 5.46. The molecule has 1 unspecified atom stereocenters. The number of rotatable bonds is 3. The van der Waals surface area contributed by atoms with Gasteiger partial charge in [-0.05, 0) is 46.8 Å². The summed E-state index contributed by atoms with van der Waals surface area (Å²) in [5.74, 6) is 1.09. The highest BCUT2D eigenvalue weighted by Gasteiger charge is 2.19. The molecule has 1 aliphatic rings. The Balaban J connectivity index is 1.76. The Labute approximate surface area is 129 Å². The maximum Gasteiger partial charge on any atom is 0.222 e. The third-order valence-electron chi connectivity index (χ3n) is 2.93. The number of ether oxygens (including phenoxy) is 2. The zero-order valence-corrected chi connectivity index (χ0v) is 12.8. The molecule has 8 heteroatoms. The summed E-state index contributed by atoms with van der Waals surface area (Å²) in [7, 11) is 0. The molecule has 1 atom stereocenters. The van der Waals surface area contributed by atoms with Gasteiger partial charge in [0.25, 0.3) is 0 Å². The van der Waals surface area contributed by atoms with Crippen molar-refractivity contribution in [2.75, 3.05) is 6.61 Å². The third kappa shape index (κ3) is 3.11. The van der Waals surface area contributed by atoms with Gasteiger partial charge in [-0.25, -0.2) is 14.6 Å². The minimum Gasteiger partial charge on any atom is -0.450 e. The third-order valence-corrected chi connectivity index (χ3v) is 3.68. The molecule has 6 nitrogen and oxygen atoms in total. The second kappa shape index (κ2) is 6.07. The first-order valence-electron chi connectivity index (χ1n) is 6.24. The molecular formula is C12H12BrClN4O2. The quantitative estimate of drug-likeness (QED) is 0.784. The number of hydrogen-bond acceptors (Lipinski definition) is 5. The van der Waals surface area contributed by atoms with E-state index in [4.69, 9.17) is 21.1 Å². The summed E-state index contributed by atoms with van der Waals surface area (Å²) in [5.41, 5.74) is 0. The molecule has 0 aromatic carbocycles. The molecule has 106 valence electrons. The maximum atomic E-state index is 5.68. The summed E-state index contributed by atoms with van der Waals surface area (Å²) in [6.45, 7) is 0.767. The fraction of sp³-hybridized carbons (Fsp3) is 0.417. The van der Waals surface area contributed by atoms with Crippen molar-refractivity contribution in [3.8, 4) is 11.5 Å². The van der Waals surface area contributed by atoms with Gasteiger partial charge in [-0.3, -0.25) is 0 Å². The van der Waals surface area contributed by atoms with Gasteiger partial charge in [0.2, 0.25) is 5.28 Å². The van der Waals surface area contributed by atoms with Crippen LogP contribution in [0, 0.1) is 0 Å². The van der Waals surface area contributed by atoms with Gasteiger partial charge in [-0.2, -0.15) is 5.10 Å². The monoisotopic (exact) mass is 358 g/mol. The Morgan fingerprint density at radius 1 is 1.35 bits per heavy atom. The van der Waals surface area contributed by atoms with Gasteiger partial charge in [0.15, 0.2) is 16.1 Å². The summed E-state index contributed by atoms with van der Waals surface area (Å²) >= 11 is 9.01. The first kappa shape index (κ1) is 13.8. The second-order valence-electron chi connectivity index (χ2n) is 4.38. The van der Waals surface area contributed by atoms with Crippen LogP contribution >= 0.6 is 27.5 Å². The zero-order valence-electron chi connectivity index (χ0n) is 10.5. The Morgan fingerprint density at radius 2 is 2.15 bits per heavy atom. The average Bonchev–Trinajstić information content (AvgIpc) is 2.84. The summed E-state index contributed by atoms with van der Waals surface area (Å²) in [5, 5.41) is 4.55. The number of hydrogen-bond donors (Lipinski definition) is 0. The molecule has 0 N–H and O–H groups in total. The molecular weight excluding hydrogens is 348 g/mol. The lowest BCUT2D eigenvalue weighted by molar-refractivity contribution is -0.0397. The van der Waals surface area contributed by atoms with E-state index in [0.29, 0.717) is 16.1 Å². The van der Waals surface area contributed by atoms with Crippen LogP contribution in [-0.2, 0) is 4.74 Å². The van der Waals surface area contributed by atoms with E-state index in [-0.39, 0.29) is 11.5 Å². The topological polar surface area (TPSA) is 62.1 Å². The Morgan fingerprint density at radius 3 is 2.85 bits per heavy atom. The summed E-state index contributed by atoms with van der Waals surface area (Å²) < 4.78 is 13.7. The SMILES string of the molecule is Clc1ncc(Oc2cn(C3CCCCO3)nc2Br)cn1. The van der Waals surface area contributed by atoms with E-state index in [0.717, 1.165) is 25.9 Å². The van der Waals surface area contributed by atoms with Crippen LogP contribution < -0.4 is 4.74 Å². The summed E-state index contributed by atoms with van der Waals surface area (Å²) in [6, 6.07) is 0. The zero-order chi connectivity index (χ0) is 13.9. The van der Waals surface area contributed by atoms with E-state index < -0.39 is 0 Å². The van der Waals surface area contributed by atoms with Crippen molar-refractivity contribution in [3.63, 3.8) is 0 Å². The van der Waals surface area contributed by atoms with Crippen LogP contribution in [0.3, 0.4) is 0 Å². The normalized spacial score (nSPS) is 19.0. The van der Waals surface area contributed by atoms with Crippen molar-refractivity contribution in [1.82, 2.24) is 19.7 Å². The number of nitrogens with zero attached hydrogens (tertiary/aromatic N) is 4. The van der Waals surface area contributed by atoms with Crippen molar-refractivity contribution in [3.05, 3.63) is 28.5 Å². The minimum atomic E-state index is -0.0288. The van der Waals surface area contributed by atoms with Gasteiger partial charge in [0, 0.05) is 6.61 Å². The van der Waals surface area contributed by atoms with Gasteiger partial charge >= 0.3 is 0 Å². The fourth-order valence-corrected chi connectivity index (χ4v) is 2.45. The lowest BCUT2D eigenvalue weighted by atomic mass is 10.2. The van der Waals surface area contributed by atoms with Gasteiger partial charge in [0.1, 0.15) is 6.23 Å². The van der Waals surface area contributed by atoms with E-state index in [1.54, 1.807) is 10.9 Å². The van der Waals surface area contributed by atoms with Crippen LogP contribution in [0.2, 0.25) is 5.28 Å². The average molecular weight is 360 g/mol. The van der Waals surface area contributed by atoms with Crippen LogP contribution in [0.4, 0.5) is 0 Å². The molecule has 3 rings (SSSR count). The van der Waals surface area contributed by atoms with E-state index in [1.165, 1.54) is 12.4 Å². The molecule has 1 fully saturated rings. The molecule has 0 aliphatic carbocycles.